The summed E-state index contributed by atoms with van der Waals surface area (Å²) in [7, 11) is 0. The van der Waals surface area contributed by atoms with E-state index in [0.29, 0.717) is 44.1 Å². The van der Waals surface area contributed by atoms with Crippen molar-refractivity contribution < 1.29 is 23.5 Å². The molecule has 1 atom stereocenters. The predicted octanol–water partition coefficient (Wildman–Crippen LogP) is 5.72. The van der Waals surface area contributed by atoms with Crippen LogP contribution in [0.5, 0.6) is 11.5 Å². The summed E-state index contributed by atoms with van der Waals surface area (Å²) in [5, 5.41) is 2.97. The molecule has 3 aromatic carbocycles. The maximum Gasteiger partial charge on any atom is 0.243 e. The molecule has 0 unspecified atom stereocenters. The molecule has 0 bridgehead atoms. The predicted molar refractivity (Wildman–Crippen MR) is 151 cm³/mol. The molecule has 2 amide bonds. The molecule has 0 spiro atoms. The minimum Gasteiger partial charge on any atom is -0.490 e. The molecular weight excluding hydrogens is 495 g/mol. The summed E-state index contributed by atoms with van der Waals surface area (Å²) < 4.78 is 25.0. The van der Waals surface area contributed by atoms with Crippen LogP contribution in [0, 0.1) is 5.82 Å². The van der Waals surface area contributed by atoms with Crippen molar-refractivity contribution in [3.8, 4) is 11.5 Å². The van der Waals surface area contributed by atoms with Gasteiger partial charge in [0, 0.05) is 25.9 Å². The Bertz CT molecular complexity index is 1180. The van der Waals surface area contributed by atoms with Crippen LogP contribution in [0.2, 0.25) is 0 Å². The number of nitrogens with one attached hydrogen (secondary N) is 1. The number of aryl methyl sites for hydroxylation is 1. The lowest BCUT2D eigenvalue weighted by atomic mass is 10.0. The lowest BCUT2D eigenvalue weighted by Crippen LogP contribution is -2.50. The van der Waals surface area contributed by atoms with Crippen molar-refractivity contribution in [2.75, 3.05) is 19.8 Å². The molecule has 1 N–H and O–H groups in total. The summed E-state index contributed by atoms with van der Waals surface area (Å²) >= 11 is 0. The number of benzene rings is 3. The molecule has 0 saturated carbocycles. The van der Waals surface area contributed by atoms with E-state index in [1.807, 2.05) is 69.3 Å². The largest absolute Gasteiger partial charge is 0.490 e. The molecule has 0 aliphatic carbocycles. The van der Waals surface area contributed by atoms with Crippen LogP contribution < -0.4 is 14.8 Å². The van der Waals surface area contributed by atoms with E-state index in [1.54, 1.807) is 17.0 Å². The van der Waals surface area contributed by atoms with Crippen LogP contribution in [-0.4, -0.2) is 42.5 Å². The number of rotatable bonds is 15. The highest BCUT2D eigenvalue weighted by Crippen LogP contribution is 2.29. The highest BCUT2D eigenvalue weighted by Gasteiger charge is 2.30. The highest BCUT2D eigenvalue weighted by molar-refractivity contribution is 5.88. The Labute approximate surface area is 231 Å². The van der Waals surface area contributed by atoms with Gasteiger partial charge in [0.1, 0.15) is 11.9 Å². The van der Waals surface area contributed by atoms with E-state index in [4.69, 9.17) is 9.47 Å². The van der Waals surface area contributed by atoms with Gasteiger partial charge >= 0.3 is 0 Å². The van der Waals surface area contributed by atoms with Crippen molar-refractivity contribution >= 4 is 11.8 Å². The first kappa shape index (κ1) is 29.7. The summed E-state index contributed by atoms with van der Waals surface area (Å²) in [6.45, 7) is 7.57. The van der Waals surface area contributed by atoms with Crippen molar-refractivity contribution in [3.63, 3.8) is 0 Å². The van der Waals surface area contributed by atoms with Crippen LogP contribution >= 0.6 is 0 Å². The van der Waals surface area contributed by atoms with E-state index in [0.717, 1.165) is 23.1 Å². The first-order valence-corrected chi connectivity index (χ1v) is 13.7. The van der Waals surface area contributed by atoms with Crippen molar-refractivity contribution in [2.45, 2.75) is 59.0 Å². The van der Waals surface area contributed by atoms with Crippen molar-refractivity contribution in [1.82, 2.24) is 10.2 Å². The van der Waals surface area contributed by atoms with E-state index in [1.165, 1.54) is 12.1 Å². The molecule has 0 heterocycles. The molecule has 7 heteroatoms. The van der Waals surface area contributed by atoms with Crippen molar-refractivity contribution in [1.29, 1.82) is 0 Å². The second-order valence-electron chi connectivity index (χ2n) is 9.29. The summed E-state index contributed by atoms with van der Waals surface area (Å²) in [5.74, 6) is 0.615. The molecule has 0 radical (unpaired) electrons. The van der Waals surface area contributed by atoms with Crippen molar-refractivity contribution in [3.05, 3.63) is 95.3 Å². The maximum absolute atomic E-state index is 13.8. The van der Waals surface area contributed by atoms with Gasteiger partial charge in [-0.1, -0.05) is 55.5 Å². The third kappa shape index (κ3) is 9.13. The smallest absolute Gasteiger partial charge is 0.243 e. The zero-order valence-corrected chi connectivity index (χ0v) is 23.1. The van der Waals surface area contributed by atoms with Crippen LogP contribution in [0.1, 0.15) is 50.3 Å². The van der Waals surface area contributed by atoms with Crippen molar-refractivity contribution in [2.24, 2.45) is 0 Å². The lowest BCUT2D eigenvalue weighted by molar-refractivity contribution is -0.141. The number of carbonyl (C=O) groups is 2. The van der Waals surface area contributed by atoms with Gasteiger partial charge in [0.15, 0.2) is 11.5 Å². The molecule has 3 aromatic rings. The third-order valence-corrected chi connectivity index (χ3v) is 6.32. The Morgan fingerprint density at radius 3 is 2.18 bits per heavy atom. The van der Waals surface area contributed by atoms with Gasteiger partial charge in [0.05, 0.1) is 13.2 Å². The molecule has 0 aromatic heterocycles. The summed E-state index contributed by atoms with van der Waals surface area (Å²) in [6.07, 6.45) is 1.84. The number of amides is 2. The Hall–Kier alpha value is -3.87. The van der Waals surface area contributed by atoms with E-state index < -0.39 is 6.04 Å². The Morgan fingerprint density at radius 1 is 0.846 bits per heavy atom. The fourth-order valence-corrected chi connectivity index (χ4v) is 4.35. The number of hydrogen-bond donors (Lipinski definition) is 1. The molecule has 39 heavy (non-hydrogen) atoms. The lowest BCUT2D eigenvalue weighted by Gasteiger charge is -2.31. The molecular formula is C32H39FN2O4. The van der Waals surface area contributed by atoms with E-state index in [9.17, 15) is 14.0 Å². The van der Waals surface area contributed by atoms with Gasteiger partial charge in [-0.2, -0.15) is 0 Å². The van der Waals surface area contributed by atoms with Crippen LogP contribution in [-0.2, 0) is 29.0 Å². The molecule has 0 fully saturated rings. The molecule has 0 aliphatic rings. The highest BCUT2D eigenvalue weighted by atomic mass is 19.1. The first-order valence-electron chi connectivity index (χ1n) is 13.7. The summed E-state index contributed by atoms with van der Waals surface area (Å²) in [6, 6.07) is 20.7. The molecule has 0 saturated heterocycles. The fraction of sp³-hybridized carbons (Fsp3) is 0.375. The standard InChI is InChI=1S/C32H39FN2O4/c1-4-20-34-32(37)28(21-24-10-8-7-9-11-24)35(23-26-12-16-27(33)17-13-26)31(36)19-15-25-14-18-29(38-5-2)30(22-25)39-6-3/h7-14,16-18,22,28H,4-6,15,19-21,23H2,1-3H3,(H,34,37)/t28-/m0/s1. The van der Waals surface area contributed by atoms with Gasteiger partial charge in [-0.15, -0.1) is 0 Å². The average molecular weight is 535 g/mol. The normalized spacial score (nSPS) is 11.5. The average Bonchev–Trinajstić information content (AvgIpc) is 2.95. The van der Waals surface area contributed by atoms with E-state index >= 15 is 0 Å². The molecule has 3 rings (SSSR count). The summed E-state index contributed by atoms with van der Waals surface area (Å²) in [4.78, 5) is 28.8. The maximum atomic E-state index is 13.8. The SMILES string of the molecule is CCCNC(=O)[C@H](Cc1ccccc1)N(Cc1ccc(F)cc1)C(=O)CCc1ccc(OCC)c(OCC)c1. The topological polar surface area (TPSA) is 67.9 Å². The van der Waals surface area contributed by atoms with Gasteiger partial charge in [-0.3, -0.25) is 9.59 Å². The van der Waals surface area contributed by atoms with Gasteiger partial charge in [-0.05, 0) is 67.6 Å². The Balaban J connectivity index is 1.87. The van der Waals surface area contributed by atoms with Gasteiger partial charge in [0.25, 0.3) is 0 Å². The Kier molecular flexibility index (Phi) is 11.8. The molecule has 0 aliphatic heterocycles. The van der Waals surface area contributed by atoms with E-state index in [2.05, 4.69) is 5.32 Å². The van der Waals surface area contributed by atoms with Gasteiger partial charge < -0.3 is 19.7 Å². The van der Waals surface area contributed by atoms with Crippen LogP contribution in [0.25, 0.3) is 0 Å². The minimum absolute atomic E-state index is 0.154. The second kappa shape index (κ2) is 15.5. The monoisotopic (exact) mass is 534 g/mol. The van der Waals surface area contributed by atoms with Crippen LogP contribution in [0.15, 0.2) is 72.8 Å². The number of ether oxygens (including phenoxy) is 2. The zero-order chi connectivity index (χ0) is 28.0. The second-order valence-corrected chi connectivity index (χ2v) is 9.29. The third-order valence-electron chi connectivity index (χ3n) is 6.32. The fourth-order valence-electron chi connectivity index (χ4n) is 4.35. The minimum atomic E-state index is -0.712. The van der Waals surface area contributed by atoms with E-state index in [-0.39, 0.29) is 30.6 Å². The number of halogens is 1. The molecule has 208 valence electrons. The first-order chi connectivity index (χ1) is 18.9. The number of hydrogen-bond acceptors (Lipinski definition) is 4. The number of nitrogens with zero attached hydrogens (tertiary/aromatic N) is 1. The Morgan fingerprint density at radius 2 is 1.51 bits per heavy atom. The van der Waals surface area contributed by atoms with Gasteiger partial charge in [-0.25, -0.2) is 4.39 Å². The van der Waals surface area contributed by atoms with Gasteiger partial charge in [0.2, 0.25) is 11.8 Å². The zero-order valence-electron chi connectivity index (χ0n) is 23.1. The quantitative estimate of drug-likeness (QED) is 0.271. The summed E-state index contributed by atoms with van der Waals surface area (Å²) in [5.41, 5.74) is 2.65. The molecule has 6 nitrogen and oxygen atoms in total. The number of carbonyl (C=O) groups excluding carboxylic acids is 2. The van der Waals surface area contributed by atoms with Crippen LogP contribution in [0.3, 0.4) is 0 Å². The van der Waals surface area contributed by atoms with Crippen LogP contribution in [0.4, 0.5) is 4.39 Å².